The summed E-state index contributed by atoms with van der Waals surface area (Å²) in [5, 5.41) is 6.79. The summed E-state index contributed by atoms with van der Waals surface area (Å²) >= 11 is 1.20. The number of carbonyl (C=O) groups excluding carboxylic acids is 2. The minimum absolute atomic E-state index is 0.00333. The average molecular weight is 254 g/mol. The van der Waals surface area contributed by atoms with Crippen LogP contribution in [-0.2, 0) is 9.59 Å². The van der Waals surface area contributed by atoms with Gasteiger partial charge in [0.2, 0.25) is 5.91 Å². The number of aromatic nitrogens is 2. The lowest BCUT2D eigenvalue weighted by Crippen LogP contribution is -2.26. The molecule has 2 rings (SSSR count). The number of nitrogens with zero attached hydrogens (tertiary/aromatic N) is 2. The molecule has 3 N–H and O–H groups in total. The summed E-state index contributed by atoms with van der Waals surface area (Å²) in [5.41, 5.74) is 7.07. The van der Waals surface area contributed by atoms with Crippen molar-refractivity contribution in [1.82, 2.24) is 10.2 Å². The quantitative estimate of drug-likeness (QED) is 0.810. The Balaban J connectivity index is 2.16. The molecule has 0 bridgehead atoms. The molecule has 2 heterocycles. The number of aryl methyl sites for hydroxylation is 1. The van der Waals surface area contributed by atoms with E-state index in [1.54, 1.807) is 11.8 Å². The fourth-order valence-corrected chi connectivity index (χ4v) is 2.74. The van der Waals surface area contributed by atoms with Gasteiger partial charge >= 0.3 is 0 Å². The van der Waals surface area contributed by atoms with Crippen molar-refractivity contribution in [3.8, 4) is 0 Å². The van der Waals surface area contributed by atoms with Crippen LogP contribution in [0.2, 0.25) is 0 Å². The minimum atomic E-state index is -0.0399. The zero-order valence-electron chi connectivity index (χ0n) is 9.69. The Morgan fingerprint density at radius 2 is 2.35 bits per heavy atom. The molecule has 7 heteroatoms. The predicted molar refractivity (Wildman–Crippen MR) is 66.8 cm³/mol. The van der Waals surface area contributed by atoms with Crippen LogP contribution < -0.4 is 10.6 Å². The average Bonchev–Trinajstić information content (AvgIpc) is 2.72. The molecule has 1 aromatic heterocycles. The Hall–Kier alpha value is -1.50. The van der Waals surface area contributed by atoms with Crippen LogP contribution in [0.5, 0.6) is 0 Å². The molecule has 0 spiro atoms. The molecular formula is C10H14N4O2S. The number of nitrogens with two attached hydrogens (primary N) is 1. The zero-order valence-corrected chi connectivity index (χ0v) is 10.5. The summed E-state index contributed by atoms with van der Waals surface area (Å²) < 4.78 is 0. The normalized spacial score (nSPS) is 20.0. The fourth-order valence-electron chi connectivity index (χ4n) is 1.82. The van der Waals surface area contributed by atoms with E-state index in [2.05, 4.69) is 10.2 Å². The van der Waals surface area contributed by atoms with Crippen molar-refractivity contribution in [2.75, 3.05) is 17.2 Å². The van der Waals surface area contributed by atoms with Gasteiger partial charge < -0.3 is 5.73 Å². The maximum atomic E-state index is 11.8. The largest absolute Gasteiger partial charge is 0.394 e. The van der Waals surface area contributed by atoms with E-state index >= 15 is 0 Å². The second kappa shape index (κ2) is 4.40. The molecule has 1 fully saturated rings. The summed E-state index contributed by atoms with van der Waals surface area (Å²) in [6.45, 7) is 3.79. The third-order valence-corrected chi connectivity index (χ3v) is 3.63. The van der Waals surface area contributed by atoms with E-state index in [0.717, 1.165) is 5.69 Å². The van der Waals surface area contributed by atoms with Crippen molar-refractivity contribution in [1.29, 1.82) is 0 Å². The molecule has 1 aliphatic heterocycles. The summed E-state index contributed by atoms with van der Waals surface area (Å²) in [5.74, 6) is 0.432. The minimum Gasteiger partial charge on any atom is -0.394 e. The van der Waals surface area contributed by atoms with Gasteiger partial charge in [0.15, 0.2) is 10.9 Å². The Morgan fingerprint density at radius 3 is 2.88 bits per heavy atom. The molecule has 1 unspecified atom stereocenters. The summed E-state index contributed by atoms with van der Waals surface area (Å²) in [7, 11) is 0. The number of aromatic amines is 1. The first-order chi connectivity index (χ1) is 7.99. The SMILES string of the molecule is CC(=O)SC1CC(=O)N(c2n[nH]c(C)c2N)C1. The lowest BCUT2D eigenvalue weighted by atomic mass is 10.4. The van der Waals surface area contributed by atoms with Crippen LogP contribution in [0.15, 0.2) is 0 Å². The summed E-state index contributed by atoms with van der Waals surface area (Å²) in [6, 6.07) is 0. The molecule has 0 radical (unpaired) electrons. The van der Waals surface area contributed by atoms with Crippen LogP contribution in [0.25, 0.3) is 0 Å². The molecule has 1 aliphatic rings. The Morgan fingerprint density at radius 1 is 1.65 bits per heavy atom. The Bertz CT molecular complexity index is 471. The van der Waals surface area contributed by atoms with Gasteiger partial charge in [0, 0.05) is 25.1 Å². The molecule has 6 nitrogen and oxygen atoms in total. The maximum Gasteiger partial charge on any atom is 0.229 e. The van der Waals surface area contributed by atoms with Gasteiger partial charge in [-0.15, -0.1) is 0 Å². The second-order valence-electron chi connectivity index (χ2n) is 4.03. The first kappa shape index (κ1) is 12.0. The number of H-pyrrole nitrogens is 1. The van der Waals surface area contributed by atoms with Crippen LogP contribution in [-0.4, -0.2) is 33.0 Å². The molecule has 1 saturated heterocycles. The van der Waals surface area contributed by atoms with Crippen LogP contribution in [0.4, 0.5) is 11.5 Å². The van der Waals surface area contributed by atoms with E-state index in [1.165, 1.54) is 18.7 Å². The molecule has 1 aromatic rings. The van der Waals surface area contributed by atoms with Crippen LogP contribution in [0, 0.1) is 6.92 Å². The molecule has 17 heavy (non-hydrogen) atoms. The second-order valence-corrected chi connectivity index (χ2v) is 5.50. The smallest absolute Gasteiger partial charge is 0.229 e. The van der Waals surface area contributed by atoms with Crippen LogP contribution in [0.1, 0.15) is 19.0 Å². The molecule has 0 saturated carbocycles. The summed E-state index contributed by atoms with van der Waals surface area (Å²) in [4.78, 5) is 24.4. The number of thioether (sulfide) groups is 1. The van der Waals surface area contributed by atoms with Crippen molar-refractivity contribution in [2.45, 2.75) is 25.5 Å². The molecule has 1 amide bonds. The predicted octanol–water partition coefficient (Wildman–Crippen LogP) is 0.685. The van der Waals surface area contributed by atoms with Gasteiger partial charge in [-0.1, -0.05) is 11.8 Å². The topological polar surface area (TPSA) is 92.1 Å². The van der Waals surface area contributed by atoms with Crippen molar-refractivity contribution in [3.63, 3.8) is 0 Å². The maximum absolute atomic E-state index is 11.8. The lowest BCUT2D eigenvalue weighted by Gasteiger charge is -2.13. The number of anilines is 2. The van der Waals surface area contributed by atoms with Gasteiger partial charge in [0.05, 0.1) is 11.4 Å². The number of nitrogens with one attached hydrogen (secondary N) is 1. The third kappa shape index (κ3) is 2.28. The Labute approximate surface area is 103 Å². The van der Waals surface area contributed by atoms with Crippen LogP contribution in [0.3, 0.4) is 0 Å². The van der Waals surface area contributed by atoms with E-state index in [0.29, 0.717) is 24.5 Å². The number of nitrogen functional groups attached to an aromatic ring is 1. The fraction of sp³-hybridized carbons (Fsp3) is 0.500. The van der Waals surface area contributed by atoms with Gasteiger partial charge in [0.1, 0.15) is 0 Å². The van der Waals surface area contributed by atoms with Gasteiger partial charge in [-0.05, 0) is 6.92 Å². The third-order valence-electron chi connectivity index (χ3n) is 2.65. The summed E-state index contributed by atoms with van der Waals surface area (Å²) in [6.07, 6.45) is 0.357. The first-order valence-corrected chi connectivity index (χ1v) is 6.15. The zero-order chi connectivity index (χ0) is 12.6. The number of rotatable bonds is 2. The molecule has 1 atom stereocenters. The van der Waals surface area contributed by atoms with E-state index in [4.69, 9.17) is 5.73 Å². The molecule has 0 aromatic carbocycles. The number of carbonyl (C=O) groups is 2. The highest BCUT2D eigenvalue weighted by Crippen LogP contribution is 2.31. The number of hydrogen-bond acceptors (Lipinski definition) is 5. The van der Waals surface area contributed by atoms with E-state index in [-0.39, 0.29) is 16.3 Å². The standard InChI is InChI=1S/C10H14N4O2S/c1-5-9(11)10(13-12-5)14-4-7(3-8(14)16)17-6(2)15/h7H,3-4,11H2,1-2H3,(H,12,13). The highest BCUT2D eigenvalue weighted by atomic mass is 32.2. The van der Waals surface area contributed by atoms with Gasteiger partial charge in [0.25, 0.3) is 0 Å². The molecule has 0 aliphatic carbocycles. The van der Waals surface area contributed by atoms with Gasteiger partial charge in [-0.3, -0.25) is 19.6 Å². The van der Waals surface area contributed by atoms with Crippen LogP contribution >= 0.6 is 11.8 Å². The van der Waals surface area contributed by atoms with E-state index in [9.17, 15) is 9.59 Å². The number of hydrogen-bond donors (Lipinski definition) is 2. The van der Waals surface area contributed by atoms with E-state index < -0.39 is 0 Å². The molecule has 92 valence electrons. The first-order valence-electron chi connectivity index (χ1n) is 5.27. The van der Waals surface area contributed by atoms with Crippen molar-refractivity contribution in [3.05, 3.63) is 5.69 Å². The van der Waals surface area contributed by atoms with Crippen molar-refractivity contribution in [2.24, 2.45) is 0 Å². The monoisotopic (exact) mass is 254 g/mol. The Kier molecular flexibility index (Phi) is 3.10. The van der Waals surface area contributed by atoms with Gasteiger partial charge in [-0.2, -0.15) is 5.10 Å². The van der Waals surface area contributed by atoms with Gasteiger partial charge in [-0.25, -0.2) is 0 Å². The van der Waals surface area contributed by atoms with Crippen molar-refractivity contribution >= 4 is 34.3 Å². The lowest BCUT2D eigenvalue weighted by molar-refractivity contribution is -0.117. The highest BCUT2D eigenvalue weighted by Gasteiger charge is 2.34. The molecular weight excluding hydrogens is 240 g/mol. The highest BCUT2D eigenvalue weighted by molar-refractivity contribution is 8.14. The number of amides is 1. The van der Waals surface area contributed by atoms with Crippen molar-refractivity contribution < 1.29 is 9.59 Å². The van der Waals surface area contributed by atoms with E-state index in [1.807, 2.05) is 0 Å².